The Balaban J connectivity index is 1.52. The molecule has 1 unspecified atom stereocenters. The van der Waals surface area contributed by atoms with E-state index >= 15 is 0 Å². The lowest BCUT2D eigenvalue weighted by molar-refractivity contribution is -0.128. The number of halogens is 3. The third-order valence-corrected chi connectivity index (χ3v) is 6.33. The van der Waals surface area contributed by atoms with Gasteiger partial charge in [0.25, 0.3) is 5.91 Å². The summed E-state index contributed by atoms with van der Waals surface area (Å²) in [6.45, 7) is 2.43. The average Bonchev–Trinajstić information content (AvgIpc) is 3.44. The van der Waals surface area contributed by atoms with Crippen LogP contribution in [0.25, 0.3) is 16.9 Å². The van der Waals surface area contributed by atoms with Gasteiger partial charge < -0.3 is 9.64 Å². The summed E-state index contributed by atoms with van der Waals surface area (Å²) in [6, 6.07) is 18.5. The van der Waals surface area contributed by atoms with Crippen LogP contribution in [0.15, 0.2) is 72.9 Å². The van der Waals surface area contributed by atoms with Gasteiger partial charge in [-0.15, -0.1) is 0 Å². The van der Waals surface area contributed by atoms with Crippen LogP contribution >= 0.6 is 11.6 Å². The van der Waals surface area contributed by atoms with Gasteiger partial charge in [0, 0.05) is 29.9 Å². The van der Waals surface area contributed by atoms with E-state index in [-0.39, 0.29) is 23.4 Å². The zero-order valence-electron chi connectivity index (χ0n) is 18.9. The van der Waals surface area contributed by atoms with Gasteiger partial charge in [-0.25, -0.2) is 13.5 Å². The Morgan fingerprint density at radius 2 is 1.80 bits per heavy atom. The van der Waals surface area contributed by atoms with Crippen LogP contribution in [0.2, 0.25) is 5.02 Å². The zero-order valence-corrected chi connectivity index (χ0v) is 19.7. The van der Waals surface area contributed by atoms with Gasteiger partial charge in [0.15, 0.2) is 6.23 Å². The molecule has 1 saturated heterocycles. The largest absolute Gasteiger partial charge is 0.344 e. The molecular weight excluding hydrogens is 472 g/mol. The van der Waals surface area contributed by atoms with Crippen LogP contribution in [0, 0.1) is 18.6 Å². The number of hydrogen-bond acceptors (Lipinski definition) is 3. The Labute approximate surface area is 206 Å². The number of aryl methyl sites for hydroxylation is 1. The van der Waals surface area contributed by atoms with E-state index in [2.05, 4.69) is 5.10 Å². The fraction of sp³-hybridized carbons (Fsp3) is 0.185. The van der Waals surface area contributed by atoms with Gasteiger partial charge in [0.2, 0.25) is 0 Å². The highest BCUT2D eigenvalue weighted by molar-refractivity contribution is 6.30. The van der Waals surface area contributed by atoms with E-state index in [0.717, 1.165) is 5.56 Å². The maximum Gasteiger partial charge on any atom is 0.250 e. The molecule has 35 heavy (non-hydrogen) atoms. The first kappa shape index (κ1) is 23.2. The van der Waals surface area contributed by atoms with E-state index in [0.29, 0.717) is 35.5 Å². The summed E-state index contributed by atoms with van der Waals surface area (Å²) in [5.74, 6) is -1.07. The van der Waals surface area contributed by atoms with Gasteiger partial charge in [0.1, 0.15) is 23.9 Å². The molecule has 2 heterocycles. The van der Waals surface area contributed by atoms with E-state index in [4.69, 9.17) is 16.3 Å². The van der Waals surface area contributed by atoms with E-state index in [1.165, 1.54) is 34.5 Å². The van der Waals surface area contributed by atoms with Crippen LogP contribution in [0.1, 0.15) is 22.9 Å². The minimum atomic E-state index is -0.682. The molecule has 1 atom stereocenters. The molecule has 0 saturated carbocycles. The van der Waals surface area contributed by atoms with Crippen molar-refractivity contribution in [1.29, 1.82) is 0 Å². The van der Waals surface area contributed by atoms with Crippen LogP contribution in [0.3, 0.4) is 0 Å². The van der Waals surface area contributed by atoms with Crippen molar-refractivity contribution in [3.05, 3.63) is 106 Å². The molecule has 8 heteroatoms. The Kier molecular flexibility index (Phi) is 6.36. The summed E-state index contributed by atoms with van der Waals surface area (Å²) < 4.78 is 35.2. The Morgan fingerprint density at radius 3 is 2.51 bits per heavy atom. The fourth-order valence-electron chi connectivity index (χ4n) is 4.12. The van der Waals surface area contributed by atoms with E-state index in [1.807, 2.05) is 31.2 Å². The van der Waals surface area contributed by atoms with Crippen molar-refractivity contribution in [2.75, 3.05) is 13.2 Å². The number of carbonyl (C=O) groups excluding carboxylic acids is 1. The van der Waals surface area contributed by atoms with Crippen LogP contribution in [-0.4, -0.2) is 33.7 Å². The second-order valence-electron chi connectivity index (χ2n) is 8.47. The smallest absolute Gasteiger partial charge is 0.250 e. The zero-order chi connectivity index (χ0) is 24.5. The Bertz CT molecular complexity index is 1370. The van der Waals surface area contributed by atoms with Crippen molar-refractivity contribution in [3.8, 4) is 16.9 Å². The van der Waals surface area contributed by atoms with Gasteiger partial charge in [0.05, 0.1) is 10.7 Å². The van der Waals surface area contributed by atoms with Crippen molar-refractivity contribution >= 4 is 17.5 Å². The lowest BCUT2D eigenvalue weighted by Gasteiger charge is -2.23. The van der Waals surface area contributed by atoms with Crippen LogP contribution in [0.4, 0.5) is 8.78 Å². The van der Waals surface area contributed by atoms with Crippen molar-refractivity contribution in [2.24, 2.45) is 0 Å². The predicted octanol–water partition coefficient (Wildman–Crippen LogP) is 5.88. The minimum absolute atomic E-state index is 0.00638. The van der Waals surface area contributed by atoms with E-state index < -0.39 is 12.0 Å². The lowest BCUT2D eigenvalue weighted by atomic mass is 10.1. The van der Waals surface area contributed by atoms with Gasteiger partial charge in [-0.1, -0.05) is 41.4 Å². The number of amides is 1. The van der Waals surface area contributed by atoms with Crippen molar-refractivity contribution < 1.29 is 18.3 Å². The molecule has 1 aromatic heterocycles. The highest BCUT2D eigenvalue weighted by Crippen LogP contribution is 2.35. The molecule has 0 N–H and O–H groups in total. The summed E-state index contributed by atoms with van der Waals surface area (Å²) >= 11 is 5.84. The quantitative estimate of drug-likeness (QED) is 0.337. The number of aromatic nitrogens is 2. The van der Waals surface area contributed by atoms with Gasteiger partial charge in [-0.3, -0.25) is 4.79 Å². The maximum atomic E-state index is 14.1. The molecule has 1 aliphatic heterocycles. The number of benzene rings is 3. The lowest BCUT2D eigenvalue weighted by Crippen LogP contribution is -2.30. The second-order valence-corrected chi connectivity index (χ2v) is 8.88. The van der Waals surface area contributed by atoms with Crippen molar-refractivity contribution in [1.82, 2.24) is 14.7 Å². The molecule has 0 bridgehead atoms. The van der Waals surface area contributed by atoms with Crippen molar-refractivity contribution in [3.63, 3.8) is 0 Å². The van der Waals surface area contributed by atoms with Gasteiger partial charge >= 0.3 is 0 Å². The summed E-state index contributed by atoms with van der Waals surface area (Å²) in [6.07, 6.45) is 1.69. The molecule has 178 valence electrons. The molecule has 1 amide bonds. The summed E-state index contributed by atoms with van der Waals surface area (Å²) in [5, 5.41) is 4.66. The summed E-state index contributed by atoms with van der Waals surface area (Å²) in [4.78, 5) is 14.4. The highest BCUT2D eigenvalue weighted by atomic mass is 35.5. The van der Waals surface area contributed by atoms with Gasteiger partial charge in [-0.2, -0.15) is 5.10 Å². The maximum absolute atomic E-state index is 14.1. The highest BCUT2D eigenvalue weighted by Gasteiger charge is 2.36. The summed E-state index contributed by atoms with van der Waals surface area (Å²) in [5.41, 5.74) is 4.53. The first-order valence-electron chi connectivity index (χ1n) is 11.2. The summed E-state index contributed by atoms with van der Waals surface area (Å²) in [7, 11) is 0. The second kappa shape index (κ2) is 9.60. The fourth-order valence-corrected chi connectivity index (χ4v) is 4.24. The molecule has 1 aliphatic rings. The first-order valence-corrected chi connectivity index (χ1v) is 11.5. The Morgan fingerprint density at radius 1 is 1.06 bits per heavy atom. The standard InChI is InChI=1S/C27H22ClF2N3O2/c1-17-2-4-18(5-3-17)12-13-32-25(34)16-35-27(32)22-15-33(21-10-11-23(28)24(30)14-21)31-26(22)19-6-8-20(29)9-7-19/h2-11,14-15,27H,12-13,16H2,1H3. The molecular formula is C27H22ClF2N3O2. The molecule has 5 nitrogen and oxygen atoms in total. The van der Waals surface area contributed by atoms with E-state index in [1.54, 1.807) is 29.3 Å². The van der Waals surface area contributed by atoms with Crippen molar-refractivity contribution in [2.45, 2.75) is 19.6 Å². The predicted molar refractivity (Wildman–Crippen MR) is 129 cm³/mol. The number of rotatable bonds is 6. The molecule has 0 spiro atoms. The topological polar surface area (TPSA) is 47.4 Å². The third kappa shape index (κ3) is 4.83. The minimum Gasteiger partial charge on any atom is -0.344 e. The number of hydrogen-bond donors (Lipinski definition) is 0. The number of nitrogens with zero attached hydrogens (tertiary/aromatic N) is 3. The third-order valence-electron chi connectivity index (χ3n) is 6.02. The molecule has 0 radical (unpaired) electrons. The Hall–Kier alpha value is -3.55. The molecule has 4 aromatic rings. The van der Waals surface area contributed by atoms with E-state index in [9.17, 15) is 13.6 Å². The monoisotopic (exact) mass is 493 g/mol. The van der Waals surface area contributed by atoms with Crippen LogP contribution in [0.5, 0.6) is 0 Å². The number of carbonyl (C=O) groups is 1. The average molecular weight is 494 g/mol. The molecule has 1 fully saturated rings. The molecule has 5 rings (SSSR count). The van der Waals surface area contributed by atoms with Crippen LogP contribution in [-0.2, 0) is 16.0 Å². The molecule has 3 aromatic carbocycles. The SMILES string of the molecule is Cc1ccc(CCN2C(=O)COC2c2cn(-c3ccc(Cl)c(F)c3)nc2-c2ccc(F)cc2)cc1. The number of ether oxygens (including phenoxy) is 1. The molecule has 0 aliphatic carbocycles. The normalized spacial score (nSPS) is 15.7. The van der Waals surface area contributed by atoms with Gasteiger partial charge in [-0.05, 0) is 55.3 Å². The first-order chi connectivity index (χ1) is 16.9. The van der Waals surface area contributed by atoms with Crippen LogP contribution < -0.4 is 0 Å².